The molecule has 2 nitrogen and oxygen atoms in total. The van der Waals surface area contributed by atoms with E-state index in [1.54, 1.807) is 0 Å². The Balaban J connectivity index is 0. The number of carbonyl (C=O) groups is 2. The van der Waals surface area contributed by atoms with Gasteiger partial charge in [-0.15, -0.1) is 0 Å². The van der Waals surface area contributed by atoms with Gasteiger partial charge in [0.1, 0.15) is 0 Å². The predicted molar refractivity (Wildman–Crippen MR) is 63.7 cm³/mol. The van der Waals surface area contributed by atoms with Crippen LogP contribution in [-0.4, -0.2) is 30.3 Å². The van der Waals surface area contributed by atoms with E-state index < -0.39 is 30.3 Å². The van der Waals surface area contributed by atoms with Crippen molar-refractivity contribution in [2.24, 2.45) is 0 Å². The van der Waals surface area contributed by atoms with Gasteiger partial charge in [0.2, 0.25) is 6.17 Å². The van der Waals surface area contributed by atoms with Crippen molar-refractivity contribution in [2.75, 3.05) is 0 Å². The van der Waals surface area contributed by atoms with E-state index in [-0.39, 0.29) is 17.1 Å². The average molecular weight is 380 g/mol. The molecule has 0 bridgehead atoms. The van der Waals surface area contributed by atoms with Crippen molar-refractivity contribution in [3.8, 4) is 0 Å². The Hall–Kier alpha value is -1.08. The summed E-state index contributed by atoms with van der Waals surface area (Å²) in [6.45, 7) is 0. The molecule has 0 fully saturated rings. The summed E-state index contributed by atoms with van der Waals surface area (Å²) in [5.74, 6) is -8.43. The molecule has 1 aliphatic rings. The van der Waals surface area contributed by atoms with Crippen molar-refractivity contribution in [3.63, 3.8) is 0 Å². The first kappa shape index (κ1) is 23.2. The van der Waals surface area contributed by atoms with Gasteiger partial charge in [-0.1, -0.05) is 24.3 Å². The number of ketones is 1. The molecule has 0 saturated heterocycles. The van der Waals surface area contributed by atoms with E-state index in [4.69, 9.17) is 0 Å². The SMILES string of the molecule is C1=CCCCCC=C1.O=C(F)C(=O)C(F)(F)C(F)C(F)F.[Cu]. The Morgan fingerprint density at radius 2 is 1.36 bits per heavy atom. The number of halogens is 6. The van der Waals surface area contributed by atoms with Crippen LogP contribution in [0.25, 0.3) is 0 Å². The number of hydrogen-bond donors (Lipinski definition) is 0. The summed E-state index contributed by atoms with van der Waals surface area (Å²) in [7, 11) is 0. The van der Waals surface area contributed by atoms with Crippen LogP contribution in [0.15, 0.2) is 24.3 Å². The summed E-state index contributed by atoms with van der Waals surface area (Å²) in [6, 6.07) is -3.16. The number of allylic oxidation sites excluding steroid dienone is 4. The van der Waals surface area contributed by atoms with E-state index in [1.807, 2.05) is 0 Å². The van der Waals surface area contributed by atoms with Crippen LogP contribution in [0.2, 0.25) is 0 Å². The molecular formula is C13H14CuF6O2. The van der Waals surface area contributed by atoms with Gasteiger partial charge in [-0.2, -0.15) is 13.2 Å². The molecule has 1 radical (unpaired) electrons. The van der Waals surface area contributed by atoms with Crippen molar-refractivity contribution >= 4 is 11.8 Å². The third-order valence-electron chi connectivity index (χ3n) is 2.42. The van der Waals surface area contributed by atoms with Crippen LogP contribution in [0.5, 0.6) is 0 Å². The second-order valence-corrected chi connectivity index (χ2v) is 4.10. The third kappa shape index (κ3) is 8.38. The van der Waals surface area contributed by atoms with Crippen LogP contribution in [0, 0.1) is 0 Å². The van der Waals surface area contributed by atoms with Crippen molar-refractivity contribution in [1.82, 2.24) is 0 Å². The molecule has 0 aromatic heterocycles. The minimum absolute atomic E-state index is 0. The minimum Gasteiger partial charge on any atom is -0.281 e. The first-order chi connectivity index (χ1) is 9.71. The smallest absolute Gasteiger partial charge is 0.281 e. The summed E-state index contributed by atoms with van der Waals surface area (Å²) in [5, 5.41) is 0. The molecular weight excluding hydrogens is 366 g/mol. The number of hydrogen-bond acceptors (Lipinski definition) is 2. The fourth-order valence-electron chi connectivity index (χ4n) is 1.29. The Morgan fingerprint density at radius 3 is 1.68 bits per heavy atom. The number of carbonyl (C=O) groups excluding carboxylic acids is 2. The molecule has 0 heterocycles. The van der Waals surface area contributed by atoms with Crippen LogP contribution in [0.3, 0.4) is 0 Å². The third-order valence-corrected chi connectivity index (χ3v) is 2.42. The van der Waals surface area contributed by atoms with Crippen molar-refractivity contribution < 1.29 is 53.0 Å². The topological polar surface area (TPSA) is 34.1 Å². The van der Waals surface area contributed by atoms with E-state index in [1.165, 1.54) is 25.7 Å². The summed E-state index contributed by atoms with van der Waals surface area (Å²) in [4.78, 5) is 19.3. The van der Waals surface area contributed by atoms with Gasteiger partial charge in [0.05, 0.1) is 0 Å². The second-order valence-electron chi connectivity index (χ2n) is 4.10. The first-order valence-corrected chi connectivity index (χ1v) is 6.07. The normalized spacial score (nSPS) is 15.8. The van der Waals surface area contributed by atoms with E-state index in [9.17, 15) is 35.9 Å². The van der Waals surface area contributed by atoms with E-state index in [0.717, 1.165) is 0 Å². The molecule has 1 aliphatic carbocycles. The quantitative estimate of drug-likeness (QED) is 0.321. The first-order valence-electron chi connectivity index (χ1n) is 6.07. The Morgan fingerprint density at radius 1 is 0.955 bits per heavy atom. The van der Waals surface area contributed by atoms with Crippen molar-refractivity contribution in [2.45, 2.75) is 44.2 Å². The molecule has 0 saturated carbocycles. The predicted octanol–water partition coefficient (Wildman–Crippen LogP) is 3.96. The van der Waals surface area contributed by atoms with Gasteiger partial charge in [-0.25, -0.2) is 13.2 Å². The van der Waals surface area contributed by atoms with Gasteiger partial charge < -0.3 is 0 Å². The summed E-state index contributed by atoms with van der Waals surface area (Å²) in [5.41, 5.74) is 0. The summed E-state index contributed by atoms with van der Waals surface area (Å²) >= 11 is 0. The molecule has 0 amide bonds. The molecule has 22 heavy (non-hydrogen) atoms. The molecule has 131 valence electrons. The van der Waals surface area contributed by atoms with E-state index in [2.05, 4.69) is 24.3 Å². The number of rotatable bonds is 4. The fraction of sp³-hybridized carbons (Fsp3) is 0.538. The molecule has 1 atom stereocenters. The molecule has 0 spiro atoms. The van der Waals surface area contributed by atoms with Crippen LogP contribution in [0.4, 0.5) is 26.3 Å². The second kappa shape index (κ2) is 11.5. The van der Waals surface area contributed by atoms with Crippen molar-refractivity contribution in [3.05, 3.63) is 24.3 Å². The Kier molecular flexibility index (Phi) is 12.1. The molecule has 0 aliphatic heterocycles. The van der Waals surface area contributed by atoms with Gasteiger partial charge in [-0.3, -0.25) is 9.59 Å². The molecule has 0 aromatic rings. The molecule has 0 N–H and O–H groups in total. The fourth-order valence-corrected chi connectivity index (χ4v) is 1.29. The zero-order valence-corrected chi connectivity index (χ0v) is 12.1. The number of alkyl halides is 5. The summed E-state index contributed by atoms with van der Waals surface area (Å²) < 4.78 is 69.9. The van der Waals surface area contributed by atoms with Gasteiger partial charge in [0.15, 0.2) is 0 Å². The van der Waals surface area contributed by atoms with Crippen LogP contribution in [0.1, 0.15) is 25.7 Å². The van der Waals surface area contributed by atoms with E-state index >= 15 is 0 Å². The van der Waals surface area contributed by atoms with Gasteiger partial charge in [0, 0.05) is 17.1 Å². The molecule has 1 rings (SSSR count). The summed E-state index contributed by atoms with van der Waals surface area (Å²) in [6.07, 6.45) is 5.65. The maximum Gasteiger partial charge on any atom is 0.374 e. The maximum atomic E-state index is 12.0. The standard InChI is InChI=1S/C8H12.C5H2F6O2.Cu/c1-2-4-6-8-7-5-3-1;6-1(3(7)8)5(10,11)2(12)4(9)13;/h1-4H,5-8H2;1,3H;. The molecule has 1 unspecified atom stereocenters. The molecule has 0 aromatic carbocycles. The zero-order chi connectivity index (χ0) is 16.5. The monoisotopic (exact) mass is 379 g/mol. The van der Waals surface area contributed by atoms with Crippen LogP contribution >= 0.6 is 0 Å². The van der Waals surface area contributed by atoms with Crippen molar-refractivity contribution in [1.29, 1.82) is 0 Å². The van der Waals surface area contributed by atoms with Gasteiger partial charge in [0.25, 0.3) is 6.43 Å². The molecule has 9 heteroatoms. The van der Waals surface area contributed by atoms with E-state index in [0.29, 0.717) is 0 Å². The Bertz CT molecular complexity index is 395. The Labute approximate surface area is 134 Å². The minimum atomic E-state index is -5.32. The largest absolute Gasteiger partial charge is 0.374 e. The van der Waals surface area contributed by atoms with Crippen LogP contribution < -0.4 is 0 Å². The zero-order valence-electron chi connectivity index (χ0n) is 11.2. The van der Waals surface area contributed by atoms with Crippen LogP contribution in [-0.2, 0) is 26.7 Å². The number of Topliss-reactive ketones (excluding diaryl/α,β-unsaturated/α-hetero) is 1. The van der Waals surface area contributed by atoms with Gasteiger partial charge in [-0.05, 0) is 25.7 Å². The maximum absolute atomic E-state index is 12.0. The van der Waals surface area contributed by atoms with Gasteiger partial charge >= 0.3 is 17.7 Å². The average Bonchev–Trinajstić information content (AvgIpc) is 2.36.